The molecule has 21 heavy (non-hydrogen) atoms. The Bertz CT molecular complexity index is 1140. The molecule has 2 heteroatoms. The number of benzene rings is 3. The number of rotatable bonds is 0. The van der Waals surface area contributed by atoms with Crippen molar-refractivity contribution in [3.05, 3.63) is 60.2 Å². The molecule has 3 aromatic carbocycles. The lowest BCUT2D eigenvalue weighted by molar-refractivity contribution is 0.633. The third kappa shape index (κ3) is 1.37. The van der Waals surface area contributed by atoms with Crippen molar-refractivity contribution in [2.45, 2.75) is 6.92 Å². The summed E-state index contributed by atoms with van der Waals surface area (Å²) in [4.78, 5) is 0. The Balaban J connectivity index is 2.06. The van der Waals surface area contributed by atoms with Crippen molar-refractivity contribution >= 4 is 43.9 Å². The minimum Gasteiger partial charge on any atom is -0.452 e. The molecule has 2 heterocycles. The van der Waals surface area contributed by atoms with Crippen LogP contribution in [0, 0.1) is 6.92 Å². The fraction of sp³-hybridized carbons (Fsp3) is 0.0526. The molecule has 0 aliphatic heterocycles. The van der Waals surface area contributed by atoms with Crippen molar-refractivity contribution < 1.29 is 8.83 Å². The number of furan rings is 2. The highest BCUT2D eigenvalue weighted by Gasteiger charge is 2.15. The molecule has 0 amide bonds. The first kappa shape index (κ1) is 11.0. The van der Waals surface area contributed by atoms with E-state index in [1.165, 1.54) is 5.56 Å². The van der Waals surface area contributed by atoms with Gasteiger partial charge in [0.1, 0.15) is 11.2 Å². The summed E-state index contributed by atoms with van der Waals surface area (Å²) in [7, 11) is 0. The molecule has 100 valence electrons. The molecule has 0 fully saturated rings. The van der Waals surface area contributed by atoms with Gasteiger partial charge >= 0.3 is 0 Å². The van der Waals surface area contributed by atoms with Crippen LogP contribution in [-0.2, 0) is 0 Å². The van der Waals surface area contributed by atoms with E-state index < -0.39 is 0 Å². The summed E-state index contributed by atoms with van der Waals surface area (Å²) in [5.74, 6) is 0. The smallest absolute Gasteiger partial charge is 0.178 e. The lowest BCUT2D eigenvalue weighted by Gasteiger charge is -1.91. The molecule has 2 nitrogen and oxygen atoms in total. The molecule has 2 aromatic heterocycles. The molecule has 0 unspecified atom stereocenters. The van der Waals surface area contributed by atoms with Crippen LogP contribution in [0.25, 0.3) is 43.9 Å². The van der Waals surface area contributed by atoms with Gasteiger partial charge in [0.2, 0.25) is 0 Å². The lowest BCUT2D eigenvalue weighted by atomic mass is 10.1. The average molecular weight is 272 g/mol. The second-order valence-corrected chi connectivity index (χ2v) is 5.52. The summed E-state index contributed by atoms with van der Waals surface area (Å²) in [6.45, 7) is 2.07. The van der Waals surface area contributed by atoms with Crippen molar-refractivity contribution in [2.75, 3.05) is 0 Å². The maximum absolute atomic E-state index is 6.08. The topological polar surface area (TPSA) is 26.3 Å². The van der Waals surface area contributed by atoms with Gasteiger partial charge in [0, 0.05) is 21.5 Å². The van der Waals surface area contributed by atoms with E-state index in [1.807, 2.05) is 18.2 Å². The van der Waals surface area contributed by atoms with Crippen LogP contribution in [0.5, 0.6) is 0 Å². The molecule has 0 radical (unpaired) electrons. The zero-order valence-corrected chi connectivity index (χ0v) is 11.5. The summed E-state index contributed by atoms with van der Waals surface area (Å²) in [6.07, 6.45) is 0. The zero-order valence-electron chi connectivity index (χ0n) is 11.5. The maximum atomic E-state index is 6.08. The highest BCUT2D eigenvalue weighted by Crippen LogP contribution is 2.38. The predicted octanol–water partition coefficient (Wildman–Crippen LogP) is 5.79. The summed E-state index contributed by atoms with van der Waals surface area (Å²) in [5.41, 5.74) is 4.68. The van der Waals surface area contributed by atoms with Crippen LogP contribution in [0.3, 0.4) is 0 Å². The monoisotopic (exact) mass is 272 g/mol. The van der Waals surface area contributed by atoms with Gasteiger partial charge < -0.3 is 8.83 Å². The van der Waals surface area contributed by atoms with Crippen LogP contribution >= 0.6 is 0 Å². The second kappa shape index (κ2) is 3.67. The normalized spacial score (nSPS) is 12.0. The van der Waals surface area contributed by atoms with Crippen LogP contribution in [-0.4, -0.2) is 0 Å². The summed E-state index contributed by atoms with van der Waals surface area (Å²) in [6, 6.07) is 18.6. The van der Waals surface area contributed by atoms with Crippen molar-refractivity contribution in [3.63, 3.8) is 0 Å². The predicted molar refractivity (Wildman–Crippen MR) is 85.7 cm³/mol. The molecular weight excluding hydrogens is 260 g/mol. The van der Waals surface area contributed by atoms with Gasteiger partial charge in [-0.25, -0.2) is 0 Å². The molecule has 5 rings (SSSR count). The van der Waals surface area contributed by atoms with E-state index in [0.29, 0.717) is 0 Å². The van der Waals surface area contributed by atoms with Crippen molar-refractivity contribution in [1.82, 2.24) is 0 Å². The number of aryl methyl sites for hydroxylation is 1. The quantitative estimate of drug-likeness (QED) is 0.356. The average Bonchev–Trinajstić information content (AvgIpc) is 3.04. The second-order valence-electron chi connectivity index (χ2n) is 5.52. The fourth-order valence-electron chi connectivity index (χ4n) is 3.12. The molecule has 0 aliphatic carbocycles. The Morgan fingerprint density at radius 2 is 1.24 bits per heavy atom. The lowest BCUT2D eigenvalue weighted by Crippen LogP contribution is -1.70. The highest BCUT2D eigenvalue weighted by atomic mass is 16.4. The van der Waals surface area contributed by atoms with Gasteiger partial charge in [0.05, 0.1) is 0 Å². The molecule has 0 saturated carbocycles. The van der Waals surface area contributed by atoms with Crippen molar-refractivity contribution in [3.8, 4) is 0 Å². The SMILES string of the molecule is Cc1ccc2c(c1)oc1c2ccc2c3ccccc3oc21. The van der Waals surface area contributed by atoms with Gasteiger partial charge in [-0.15, -0.1) is 0 Å². The Morgan fingerprint density at radius 1 is 0.619 bits per heavy atom. The summed E-state index contributed by atoms with van der Waals surface area (Å²) in [5, 5.41) is 4.48. The third-order valence-corrected chi connectivity index (χ3v) is 4.14. The Hall–Kier alpha value is -2.74. The summed E-state index contributed by atoms with van der Waals surface area (Å²) < 4.78 is 12.1. The number of hydrogen-bond acceptors (Lipinski definition) is 2. The van der Waals surface area contributed by atoms with E-state index in [-0.39, 0.29) is 0 Å². The molecule has 0 atom stereocenters. The highest BCUT2D eigenvalue weighted by molar-refractivity contribution is 6.18. The zero-order chi connectivity index (χ0) is 14.0. The van der Waals surface area contributed by atoms with Crippen LogP contribution in [0.4, 0.5) is 0 Å². The van der Waals surface area contributed by atoms with Crippen LogP contribution in [0.1, 0.15) is 5.56 Å². The third-order valence-electron chi connectivity index (χ3n) is 4.14. The maximum Gasteiger partial charge on any atom is 0.178 e. The fourth-order valence-corrected chi connectivity index (χ4v) is 3.12. The first-order valence-electron chi connectivity index (χ1n) is 7.04. The molecule has 0 N–H and O–H groups in total. The molecule has 5 aromatic rings. The number of fused-ring (bicyclic) bond motifs is 7. The molecule has 0 aliphatic rings. The van der Waals surface area contributed by atoms with Crippen LogP contribution in [0.15, 0.2) is 63.4 Å². The van der Waals surface area contributed by atoms with Gasteiger partial charge in [-0.1, -0.05) is 30.3 Å². The van der Waals surface area contributed by atoms with E-state index in [9.17, 15) is 0 Å². The van der Waals surface area contributed by atoms with Gasteiger partial charge in [-0.2, -0.15) is 0 Å². The summed E-state index contributed by atoms with van der Waals surface area (Å²) >= 11 is 0. The van der Waals surface area contributed by atoms with Crippen molar-refractivity contribution in [2.24, 2.45) is 0 Å². The minimum absolute atomic E-state index is 0.836. The Labute approximate surface area is 120 Å². The van der Waals surface area contributed by atoms with Crippen LogP contribution in [0.2, 0.25) is 0 Å². The largest absolute Gasteiger partial charge is 0.452 e. The first-order valence-corrected chi connectivity index (χ1v) is 7.04. The number of hydrogen-bond donors (Lipinski definition) is 0. The van der Waals surface area contributed by atoms with E-state index >= 15 is 0 Å². The molecular formula is C19H12O2. The van der Waals surface area contributed by atoms with Gasteiger partial charge in [0.25, 0.3) is 0 Å². The minimum atomic E-state index is 0.836. The van der Waals surface area contributed by atoms with Gasteiger partial charge in [-0.05, 0) is 36.8 Å². The van der Waals surface area contributed by atoms with E-state index in [2.05, 4.69) is 43.3 Å². The number of para-hydroxylation sites is 1. The standard InChI is InChI=1S/C19H12O2/c1-11-6-7-13-15-9-8-14-12-4-2-3-5-16(12)20-18(14)19(15)21-17(13)10-11/h2-10H,1H3. The van der Waals surface area contributed by atoms with Crippen molar-refractivity contribution in [1.29, 1.82) is 0 Å². The van der Waals surface area contributed by atoms with E-state index in [0.717, 1.165) is 43.9 Å². The molecule has 0 saturated heterocycles. The van der Waals surface area contributed by atoms with Gasteiger partial charge in [-0.3, -0.25) is 0 Å². The molecule has 0 bridgehead atoms. The van der Waals surface area contributed by atoms with E-state index in [1.54, 1.807) is 0 Å². The van der Waals surface area contributed by atoms with Gasteiger partial charge in [0.15, 0.2) is 11.2 Å². The molecule has 0 spiro atoms. The van der Waals surface area contributed by atoms with E-state index in [4.69, 9.17) is 8.83 Å². The Kier molecular flexibility index (Phi) is 1.92. The Morgan fingerprint density at radius 3 is 2.05 bits per heavy atom. The first-order chi connectivity index (χ1) is 10.3. The van der Waals surface area contributed by atoms with Crippen LogP contribution < -0.4 is 0 Å².